The molecule has 0 fully saturated rings. The van der Waals surface area contributed by atoms with Crippen molar-refractivity contribution < 1.29 is 9.59 Å². The summed E-state index contributed by atoms with van der Waals surface area (Å²) in [7, 11) is 0. The van der Waals surface area contributed by atoms with Crippen LogP contribution in [-0.4, -0.2) is 30.3 Å². The van der Waals surface area contributed by atoms with Gasteiger partial charge in [0.25, 0.3) is 0 Å². The number of thioether (sulfide) groups is 2. The average Bonchev–Trinajstić information content (AvgIpc) is 2.59. The van der Waals surface area contributed by atoms with Gasteiger partial charge in [-0.2, -0.15) is 0 Å². The van der Waals surface area contributed by atoms with Crippen LogP contribution in [0.4, 0.5) is 0 Å². The Bertz CT molecular complexity index is 284. The Morgan fingerprint density at radius 3 is 1.92 bits per heavy atom. The summed E-state index contributed by atoms with van der Waals surface area (Å²) in [6.45, 7) is 0.704. The van der Waals surface area contributed by atoms with Crippen LogP contribution < -0.4 is 0 Å². The summed E-state index contributed by atoms with van der Waals surface area (Å²) < 4.78 is 0. The van der Waals surface area contributed by atoms with Crippen LogP contribution in [0.2, 0.25) is 0 Å². The largest absolute Gasteiger partial charge is 0.235 e. The predicted molar refractivity (Wildman–Crippen MR) is 53.1 cm³/mol. The second-order valence-corrected chi connectivity index (χ2v) is 4.57. The number of aliphatic imine (C=N–C) groups is 2. The molecule has 6 heteroatoms. The molecule has 0 bridgehead atoms. The Morgan fingerprint density at radius 1 is 1.08 bits per heavy atom. The maximum Gasteiger partial charge on any atom is 0.235 e. The normalized spacial score (nSPS) is 15.1. The second-order valence-electron chi connectivity index (χ2n) is 2.07. The van der Waals surface area contributed by atoms with E-state index in [-0.39, 0.29) is 0 Å². The highest BCUT2D eigenvalue weighted by molar-refractivity contribution is 8.22. The zero-order valence-electron chi connectivity index (χ0n) is 6.65. The average molecular weight is 214 g/mol. The molecular formula is C7H6N2O2S2. The maximum absolute atomic E-state index is 9.87. The van der Waals surface area contributed by atoms with E-state index in [1.165, 1.54) is 12.2 Å². The molecule has 0 saturated heterocycles. The zero-order valence-corrected chi connectivity index (χ0v) is 8.28. The minimum atomic E-state index is 0.352. The van der Waals surface area contributed by atoms with E-state index in [1.54, 1.807) is 23.5 Å². The third kappa shape index (κ3) is 3.20. The molecule has 0 atom stereocenters. The van der Waals surface area contributed by atoms with Gasteiger partial charge in [-0.05, 0) is 0 Å². The van der Waals surface area contributed by atoms with E-state index in [0.29, 0.717) is 13.1 Å². The summed E-state index contributed by atoms with van der Waals surface area (Å²) >= 11 is 3.24. The van der Waals surface area contributed by atoms with E-state index < -0.39 is 0 Å². The van der Waals surface area contributed by atoms with Crippen molar-refractivity contribution in [3.05, 3.63) is 9.81 Å². The van der Waals surface area contributed by atoms with Crippen LogP contribution in [0.25, 0.3) is 0 Å². The Hall–Kier alpha value is -0.800. The minimum Gasteiger partial charge on any atom is -0.211 e. The Balaban J connectivity index is 2.64. The third-order valence-electron chi connectivity index (χ3n) is 1.35. The van der Waals surface area contributed by atoms with Crippen LogP contribution in [-0.2, 0) is 9.59 Å². The van der Waals surface area contributed by atoms with Crippen molar-refractivity contribution in [2.45, 2.75) is 0 Å². The van der Waals surface area contributed by atoms with Crippen molar-refractivity contribution in [2.75, 3.05) is 18.2 Å². The number of hydrogen-bond donors (Lipinski definition) is 0. The van der Waals surface area contributed by atoms with Gasteiger partial charge in [0, 0.05) is 14.9 Å². The van der Waals surface area contributed by atoms with Gasteiger partial charge in [0.05, 0.1) is 13.1 Å². The van der Waals surface area contributed by atoms with E-state index >= 15 is 0 Å². The molecule has 0 aromatic rings. The molecule has 0 aliphatic carbocycles. The number of rotatable bonds is 4. The van der Waals surface area contributed by atoms with Gasteiger partial charge in [-0.3, -0.25) is 0 Å². The molecule has 1 aliphatic heterocycles. The first-order valence-electron chi connectivity index (χ1n) is 3.43. The Labute approximate surface area is 83.6 Å². The van der Waals surface area contributed by atoms with Gasteiger partial charge in [-0.1, -0.05) is 0 Å². The molecule has 13 heavy (non-hydrogen) atoms. The lowest BCUT2D eigenvalue weighted by Gasteiger charge is -1.96. The van der Waals surface area contributed by atoms with Crippen LogP contribution in [0.3, 0.4) is 0 Å². The van der Waals surface area contributed by atoms with Crippen LogP contribution >= 0.6 is 23.5 Å². The smallest absolute Gasteiger partial charge is 0.211 e. The van der Waals surface area contributed by atoms with Gasteiger partial charge >= 0.3 is 0 Å². The fourth-order valence-corrected chi connectivity index (χ4v) is 3.30. The van der Waals surface area contributed by atoms with Crippen molar-refractivity contribution in [3.8, 4) is 0 Å². The fourth-order valence-electron chi connectivity index (χ4n) is 0.809. The molecule has 0 unspecified atom stereocenters. The van der Waals surface area contributed by atoms with Gasteiger partial charge in [-0.15, -0.1) is 23.5 Å². The molecule has 0 N–H and O–H groups in total. The first kappa shape index (κ1) is 10.3. The molecule has 0 aromatic heterocycles. The van der Waals surface area contributed by atoms with Crippen LogP contribution in [0.15, 0.2) is 19.8 Å². The summed E-state index contributed by atoms with van der Waals surface area (Å²) in [5.74, 6) is 0. The first-order chi connectivity index (χ1) is 6.38. The molecule has 0 spiro atoms. The third-order valence-corrected chi connectivity index (χ3v) is 3.87. The molecule has 1 heterocycles. The highest BCUT2D eigenvalue weighted by atomic mass is 32.2. The Morgan fingerprint density at radius 2 is 1.54 bits per heavy atom. The fraction of sp³-hybridized carbons (Fsp3) is 0.429. The van der Waals surface area contributed by atoms with Gasteiger partial charge < -0.3 is 0 Å². The number of isocyanates is 2. The molecule has 68 valence electrons. The molecule has 0 aromatic carbocycles. The molecule has 1 rings (SSSR count). The topological polar surface area (TPSA) is 58.9 Å². The molecular weight excluding hydrogens is 208 g/mol. The summed E-state index contributed by atoms with van der Waals surface area (Å²) in [4.78, 5) is 28.7. The quantitative estimate of drug-likeness (QED) is 0.523. The highest BCUT2D eigenvalue weighted by Crippen LogP contribution is 2.39. The number of hydrogen-bond acceptors (Lipinski definition) is 6. The summed E-state index contributed by atoms with van der Waals surface area (Å²) in [5, 5.41) is 0.896. The SMILES string of the molecule is O=C=NCC1=C(CN=C=O)SCS1. The molecule has 4 nitrogen and oxygen atoms in total. The van der Waals surface area contributed by atoms with Gasteiger partial charge in [0.15, 0.2) is 0 Å². The van der Waals surface area contributed by atoms with E-state index in [0.717, 1.165) is 14.9 Å². The number of carbonyl (C=O) groups excluding carboxylic acids is 2. The van der Waals surface area contributed by atoms with Crippen molar-refractivity contribution in [1.29, 1.82) is 0 Å². The second kappa shape index (κ2) is 5.78. The lowest BCUT2D eigenvalue weighted by atomic mass is 10.5. The van der Waals surface area contributed by atoms with E-state index in [2.05, 4.69) is 9.98 Å². The monoisotopic (exact) mass is 214 g/mol. The van der Waals surface area contributed by atoms with Crippen molar-refractivity contribution in [1.82, 2.24) is 0 Å². The lowest BCUT2D eigenvalue weighted by Crippen LogP contribution is -1.88. The standard InChI is InChI=1S/C7H6N2O2S2/c10-3-8-1-6-7(2-9-4-11)13-5-12-6/h1-2,5H2. The molecule has 0 saturated carbocycles. The maximum atomic E-state index is 9.87. The summed E-state index contributed by atoms with van der Waals surface area (Å²) in [5.41, 5.74) is 0. The van der Waals surface area contributed by atoms with E-state index in [1.807, 2.05) is 0 Å². The van der Waals surface area contributed by atoms with Gasteiger partial charge in [-0.25, -0.2) is 19.6 Å². The summed E-state index contributed by atoms with van der Waals surface area (Å²) in [6, 6.07) is 0. The van der Waals surface area contributed by atoms with Crippen LogP contribution in [0.5, 0.6) is 0 Å². The van der Waals surface area contributed by atoms with Gasteiger partial charge in [0.2, 0.25) is 12.2 Å². The van der Waals surface area contributed by atoms with Crippen molar-refractivity contribution in [3.63, 3.8) is 0 Å². The number of nitrogens with zero attached hydrogens (tertiary/aromatic N) is 2. The first-order valence-corrected chi connectivity index (χ1v) is 5.40. The predicted octanol–water partition coefficient (Wildman–Crippen LogP) is 1.31. The zero-order chi connectivity index (χ0) is 9.52. The van der Waals surface area contributed by atoms with E-state index in [4.69, 9.17) is 0 Å². The molecule has 0 radical (unpaired) electrons. The highest BCUT2D eigenvalue weighted by Gasteiger charge is 2.14. The minimum absolute atomic E-state index is 0.352. The van der Waals surface area contributed by atoms with Crippen LogP contribution in [0.1, 0.15) is 0 Å². The van der Waals surface area contributed by atoms with E-state index in [9.17, 15) is 9.59 Å². The Kier molecular flexibility index (Phi) is 4.57. The lowest BCUT2D eigenvalue weighted by molar-refractivity contribution is 0.563. The molecule has 1 aliphatic rings. The van der Waals surface area contributed by atoms with Crippen molar-refractivity contribution >= 4 is 35.7 Å². The summed E-state index contributed by atoms with van der Waals surface area (Å²) in [6.07, 6.45) is 2.96. The van der Waals surface area contributed by atoms with Crippen molar-refractivity contribution in [2.24, 2.45) is 9.98 Å². The van der Waals surface area contributed by atoms with Crippen LogP contribution in [0, 0.1) is 0 Å². The molecule has 0 amide bonds. The van der Waals surface area contributed by atoms with Gasteiger partial charge in [0.1, 0.15) is 0 Å².